The predicted octanol–water partition coefficient (Wildman–Crippen LogP) is 3.10. The average Bonchev–Trinajstić information content (AvgIpc) is 2.46. The van der Waals surface area contributed by atoms with Crippen LogP contribution in [0.5, 0.6) is 0 Å². The molecule has 6 heteroatoms. The minimum Gasteiger partial charge on any atom is -0.350 e. The van der Waals surface area contributed by atoms with Gasteiger partial charge in [-0.05, 0) is 46.8 Å². The summed E-state index contributed by atoms with van der Waals surface area (Å²) in [5.74, 6) is 0.201. The highest BCUT2D eigenvalue weighted by atomic mass is 35.5. The van der Waals surface area contributed by atoms with Crippen LogP contribution in [0.4, 0.5) is 0 Å². The van der Waals surface area contributed by atoms with Gasteiger partial charge >= 0.3 is 0 Å². The van der Waals surface area contributed by atoms with Crippen molar-refractivity contribution in [2.24, 2.45) is 0 Å². The first-order chi connectivity index (χ1) is 11.1. The van der Waals surface area contributed by atoms with Gasteiger partial charge in [-0.3, -0.25) is 14.2 Å². The standard InChI is InChI=1S/C18H22ClN3O2/c1-11-12(2)20-16(13-7-6-8-14(19)9-13)22(17(11)24)10-15(23)21-18(3,4)5/h6-9H,10H2,1-5H3,(H,21,23). The lowest BCUT2D eigenvalue weighted by molar-refractivity contribution is -0.123. The Morgan fingerprint density at radius 3 is 2.54 bits per heavy atom. The summed E-state index contributed by atoms with van der Waals surface area (Å²) in [7, 11) is 0. The molecule has 0 atom stereocenters. The maximum atomic E-state index is 12.7. The number of carbonyl (C=O) groups is 1. The second-order valence-corrected chi connectivity index (χ2v) is 7.28. The van der Waals surface area contributed by atoms with Crippen molar-refractivity contribution in [1.29, 1.82) is 0 Å². The molecule has 1 aromatic carbocycles. The smallest absolute Gasteiger partial charge is 0.257 e. The SMILES string of the molecule is Cc1nc(-c2cccc(Cl)c2)n(CC(=O)NC(C)(C)C)c(=O)c1C. The zero-order valence-electron chi connectivity index (χ0n) is 14.6. The summed E-state index contributed by atoms with van der Waals surface area (Å²) in [5.41, 5.74) is 1.28. The van der Waals surface area contributed by atoms with Gasteiger partial charge in [0.25, 0.3) is 5.56 Å². The summed E-state index contributed by atoms with van der Waals surface area (Å²) < 4.78 is 1.40. The van der Waals surface area contributed by atoms with Gasteiger partial charge in [-0.25, -0.2) is 4.98 Å². The van der Waals surface area contributed by atoms with Crippen molar-refractivity contribution in [3.63, 3.8) is 0 Å². The van der Waals surface area contributed by atoms with Crippen molar-refractivity contribution in [3.8, 4) is 11.4 Å². The number of nitrogens with zero attached hydrogens (tertiary/aromatic N) is 2. The number of halogens is 1. The van der Waals surface area contributed by atoms with Crippen molar-refractivity contribution in [3.05, 3.63) is 50.9 Å². The van der Waals surface area contributed by atoms with E-state index in [2.05, 4.69) is 10.3 Å². The lowest BCUT2D eigenvalue weighted by Crippen LogP contribution is -2.44. The molecule has 1 heterocycles. The molecule has 0 saturated heterocycles. The quantitative estimate of drug-likeness (QED) is 0.927. The van der Waals surface area contributed by atoms with E-state index in [0.29, 0.717) is 27.7 Å². The van der Waals surface area contributed by atoms with Gasteiger partial charge in [0, 0.05) is 27.4 Å². The molecule has 5 nitrogen and oxygen atoms in total. The van der Waals surface area contributed by atoms with E-state index in [9.17, 15) is 9.59 Å². The zero-order chi connectivity index (χ0) is 18.1. The molecule has 0 bridgehead atoms. The molecule has 0 aliphatic heterocycles. The van der Waals surface area contributed by atoms with Crippen LogP contribution < -0.4 is 10.9 Å². The van der Waals surface area contributed by atoms with Crippen LogP contribution in [0, 0.1) is 13.8 Å². The molecule has 0 spiro atoms. The normalized spacial score (nSPS) is 11.4. The fourth-order valence-electron chi connectivity index (χ4n) is 2.35. The number of rotatable bonds is 3. The summed E-state index contributed by atoms with van der Waals surface area (Å²) >= 11 is 6.06. The Bertz CT molecular complexity index is 835. The number of benzene rings is 1. The van der Waals surface area contributed by atoms with Gasteiger partial charge in [-0.1, -0.05) is 23.7 Å². The van der Waals surface area contributed by atoms with Crippen LogP contribution >= 0.6 is 11.6 Å². The van der Waals surface area contributed by atoms with Crippen molar-refractivity contribution in [2.45, 2.75) is 46.7 Å². The van der Waals surface area contributed by atoms with Crippen molar-refractivity contribution in [1.82, 2.24) is 14.9 Å². The third kappa shape index (κ3) is 4.23. The number of nitrogens with one attached hydrogen (secondary N) is 1. The van der Waals surface area contributed by atoms with Gasteiger partial charge in [-0.15, -0.1) is 0 Å². The van der Waals surface area contributed by atoms with Crippen LogP contribution in [-0.2, 0) is 11.3 Å². The number of aromatic nitrogens is 2. The third-order valence-electron chi connectivity index (χ3n) is 3.54. The van der Waals surface area contributed by atoms with Gasteiger partial charge < -0.3 is 5.32 Å². The predicted molar refractivity (Wildman–Crippen MR) is 96.3 cm³/mol. The minimum atomic E-state index is -0.371. The summed E-state index contributed by atoms with van der Waals surface area (Å²) in [6, 6.07) is 7.09. The molecule has 1 aromatic heterocycles. The van der Waals surface area contributed by atoms with E-state index in [1.807, 2.05) is 26.8 Å². The highest BCUT2D eigenvalue weighted by Crippen LogP contribution is 2.21. The molecule has 128 valence electrons. The van der Waals surface area contributed by atoms with E-state index < -0.39 is 0 Å². The number of hydrogen-bond acceptors (Lipinski definition) is 3. The topological polar surface area (TPSA) is 64.0 Å². The van der Waals surface area contributed by atoms with Crippen molar-refractivity contribution >= 4 is 17.5 Å². The Labute approximate surface area is 146 Å². The van der Waals surface area contributed by atoms with Crippen LogP contribution in [-0.4, -0.2) is 21.0 Å². The fourth-order valence-corrected chi connectivity index (χ4v) is 2.54. The molecule has 0 aliphatic rings. The Hall–Kier alpha value is -2.14. The molecule has 1 amide bonds. The van der Waals surface area contributed by atoms with Crippen LogP contribution in [0.15, 0.2) is 29.1 Å². The molecule has 0 radical (unpaired) electrons. The molecule has 2 rings (SSSR count). The lowest BCUT2D eigenvalue weighted by Gasteiger charge is -2.22. The number of carbonyl (C=O) groups excluding carboxylic acids is 1. The first kappa shape index (κ1) is 18.2. The molecular weight excluding hydrogens is 326 g/mol. The number of amides is 1. The maximum absolute atomic E-state index is 12.7. The first-order valence-electron chi connectivity index (χ1n) is 7.73. The molecule has 0 fully saturated rings. The second kappa shape index (κ2) is 6.77. The number of hydrogen-bond donors (Lipinski definition) is 1. The molecule has 0 unspecified atom stereocenters. The van der Waals surface area contributed by atoms with Crippen LogP contribution in [0.25, 0.3) is 11.4 Å². The van der Waals surface area contributed by atoms with E-state index in [4.69, 9.17) is 11.6 Å². The van der Waals surface area contributed by atoms with Crippen LogP contribution in [0.2, 0.25) is 5.02 Å². The molecule has 0 aliphatic carbocycles. The third-order valence-corrected chi connectivity index (χ3v) is 3.77. The largest absolute Gasteiger partial charge is 0.350 e. The number of aryl methyl sites for hydroxylation is 1. The molecule has 0 saturated carbocycles. The van der Waals surface area contributed by atoms with E-state index in [1.54, 1.807) is 32.0 Å². The average molecular weight is 348 g/mol. The Morgan fingerprint density at radius 2 is 1.96 bits per heavy atom. The van der Waals surface area contributed by atoms with Gasteiger partial charge in [0.2, 0.25) is 5.91 Å². The molecule has 2 aromatic rings. The van der Waals surface area contributed by atoms with Crippen molar-refractivity contribution in [2.75, 3.05) is 0 Å². The minimum absolute atomic E-state index is 0.0912. The van der Waals surface area contributed by atoms with Crippen LogP contribution in [0.1, 0.15) is 32.0 Å². The van der Waals surface area contributed by atoms with Crippen LogP contribution in [0.3, 0.4) is 0 Å². The monoisotopic (exact) mass is 347 g/mol. The summed E-state index contributed by atoms with van der Waals surface area (Å²) in [6.07, 6.45) is 0. The van der Waals surface area contributed by atoms with Gasteiger partial charge in [0.1, 0.15) is 12.4 Å². The highest BCUT2D eigenvalue weighted by Gasteiger charge is 2.19. The van der Waals surface area contributed by atoms with Gasteiger partial charge in [0.15, 0.2) is 0 Å². The lowest BCUT2D eigenvalue weighted by atomic mass is 10.1. The first-order valence-corrected chi connectivity index (χ1v) is 8.11. The zero-order valence-corrected chi connectivity index (χ0v) is 15.4. The van der Waals surface area contributed by atoms with Crippen molar-refractivity contribution < 1.29 is 4.79 Å². The fraction of sp³-hybridized carbons (Fsp3) is 0.389. The van der Waals surface area contributed by atoms with Gasteiger partial charge in [0.05, 0.1) is 0 Å². The summed E-state index contributed by atoms with van der Waals surface area (Å²) in [6.45, 7) is 9.08. The Balaban J connectivity index is 2.55. The van der Waals surface area contributed by atoms with E-state index in [1.165, 1.54) is 4.57 Å². The molecule has 1 N–H and O–H groups in total. The van der Waals surface area contributed by atoms with E-state index >= 15 is 0 Å². The molecule has 24 heavy (non-hydrogen) atoms. The second-order valence-electron chi connectivity index (χ2n) is 6.85. The maximum Gasteiger partial charge on any atom is 0.257 e. The Kier molecular flexibility index (Phi) is 5.13. The Morgan fingerprint density at radius 1 is 1.29 bits per heavy atom. The summed E-state index contributed by atoms with van der Waals surface area (Å²) in [4.78, 5) is 29.5. The highest BCUT2D eigenvalue weighted by molar-refractivity contribution is 6.30. The van der Waals surface area contributed by atoms with E-state index in [0.717, 1.165) is 0 Å². The molecular formula is C18H22ClN3O2. The summed E-state index contributed by atoms with van der Waals surface area (Å²) in [5, 5.41) is 3.41. The van der Waals surface area contributed by atoms with E-state index in [-0.39, 0.29) is 23.6 Å². The van der Waals surface area contributed by atoms with Gasteiger partial charge in [-0.2, -0.15) is 0 Å².